The summed E-state index contributed by atoms with van der Waals surface area (Å²) in [7, 11) is 1.63. The fourth-order valence-corrected chi connectivity index (χ4v) is 1.23. The van der Waals surface area contributed by atoms with Crippen LogP contribution in [0, 0.1) is 0 Å². The minimum atomic E-state index is -0.339. The van der Waals surface area contributed by atoms with E-state index >= 15 is 0 Å². The number of benzene rings is 1. The molecule has 0 aliphatic heterocycles. The lowest BCUT2D eigenvalue weighted by atomic mass is 10.2. The summed E-state index contributed by atoms with van der Waals surface area (Å²) in [5, 5.41) is 9.50. The molecular weight excluding hydrogens is 192 g/mol. The van der Waals surface area contributed by atoms with Crippen molar-refractivity contribution in [1.82, 2.24) is 0 Å². The molecule has 0 spiro atoms. The van der Waals surface area contributed by atoms with Gasteiger partial charge in [0, 0.05) is 20.1 Å². The van der Waals surface area contributed by atoms with Crippen LogP contribution in [0.25, 0.3) is 0 Å². The van der Waals surface area contributed by atoms with E-state index < -0.39 is 0 Å². The normalized spacial score (nSPS) is 12.4. The zero-order valence-electron chi connectivity index (χ0n) is 9.06. The number of methoxy groups -OCH3 is 1. The highest BCUT2D eigenvalue weighted by Crippen LogP contribution is 2.09. The SMILES string of the molecule is COCCC(O)CCOc1ccccc1. The molecule has 0 fully saturated rings. The van der Waals surface area contributed by atoms with Gasteiger partial charge in [-0.2, -0.15) is 0 Å². The van der Waals surface area contributed by atoms with Crippen molar-refractivity contribution in [3.05, 3.63) is 30.3 Å². The fraction of sp³-hybridized carbons (Fsp3) is 0.500. The highest BCUT2D eigenvalue weighted by atomic mass is 16.5. The van der Waals surface area contributed by atoms with Gasteiger partial charge in [0.05, 0.1) is 12.7 Å². The van der Waals surface area contributed by atoms with E-state index in [4.69, 9.17) is 9.47 Å². The molecule has 0 heterocycles. The number of aliphatic hydroxyl groups excluding tert-OH is 1. The summed E-state index contributed by atoms with van der Waals surface area (Å²) in [5.74, 6) is 0.844. The first-order chi connectivity index (χ1) is 7.33. The predicted molar refractivity (Wildman–Crippen MR) is 59.1 cm³/mol. The molecule has 1 aromatic rings. The Balaban J connectivity index is 2.11. The molecule has 1 rings (SSSR count). The van der Waals surface area contributed by atoms with Crippen molar-refractivity contribution >= 4 is 0 Å². The second-order valence-electron chi connectivity index (χ2n) is 3.39. The Morgan fingerprint density at radius 1 is 1.13 bits per heavy atom. The van der Waals surface area contributed by atoms with E-state index in [-0.39, 0.29) is 6.10 Å². The average Bonchev–Trinajstić information content (AvgIpc) is 2.28. The van der Waals surface area contributed by atoms with E-state index in [1.54, 1.807) is 7.11 Å². The van der Waals surface area contributed by atoms with Crippen LogP contribution in [-0.2, 0) is 4.74 Å². The molecule has 1 aromatic carbocycles. The topological polar surface area (TPSA) is 38.7 Å². The second kappa shape index (κ2) is 7.26. The minimum absolute atomic E-state index is 0.339. The lowest BCUT2D eigenvalue weighted by Gasteiger charge is -2.10. The Morgan fingerprint density at radius 2 is 1.80 bits per heavy atom. The molecule has 0 saturated heterocycles. The Labute approximate surface area is 90.6 Å². The number of aliphatic hydroxyl groups is 1. The maximum Gasteiger partial charge on any atom is 0.119 e. The van der Waals surface area contributed by atoms with E-state index in [0.717, 1.165) is 5.75 Å². The summed E-state index contributed by atoms with van der Waals surface area (Å²) in [5.41, 5.74) is 0. The van der Waals surface area contributed by atoms with E-state index in [1.807, 2.05) is 30.3 Å². The molecule has 0 saturated carbocycles. The maximum absolute atomic E-state index is 9.50. The zero-order valence-corrected chi connectivity index (χ0v) is 9.06. The summed E-state index contributed by atoms with van der Waals surface area (Å²) in [4.78, 5) is 0. The molecule has 1 atom stereocenters. The van der Waals surface area contributed by atoms with Crippen molar-refractivity contribution in [2.75, 3.05) is 20.3 Å². The summed E-state index contributed by atoms with van der Waals surface area (Å²) in [6.07, 6.45) is 0.959. The van der Waals surface area contributed by atoms with Gasteiger partial charge in [0.2, 0.25) is 0 Å². The summed E-state index contributed by atoms with van der Waals surface area (Å²) in [6.45, 7) is 1.13. The second-order valence-corrected chi connectivity index (χ2v) is 3.39. The molecule has 3 nitrogen and oxygen atoms in total. The van der Waals surface area contributed by atoms with Gasteiger partial charge in [0.1, 0.15) is 5.75 Å². The molecule has 0 radical (unpaired) electrons. The third-order valence-electron chi connectivity index (χ3n) is 2.12. The van der Waals surface area contributed by atoms with Crippen LogP contribution in [0.5, 0.6) is 5.75 Å². The first-order valence-corrected chi connectivity index (χ1v) is 5.18. The van der Waals surface area contributed by atoms with Crippen LogP contribution in [0.15, 0.2) is 30.3 Å². The van der Waals surface area contributed by atoms with E-state index in [1.165, 1.54) is 0 Å². The third-order valence-corrected chi connectivity index (χ3v) is 2.12. The highest BCUT2D eigenvalue weighted by molar-refractivity contribution is 5.20. The van der Waals surface area contributed by atoms with Crippen LogP contribution >= 0.6 is 0 Å². The first-order valence-electron chi connectivity index (χ1n) is 5.18. The predicted octanol–water partition coefficient (Wildman–Crippen LogP) is 1.85. The monoisotopic (exact) mass is 210 g/mol. The molecule has 0 aromatic heterocycles. The van der Waals surface area contributed by atoms with Gasteiger partial charge in [-0.05, 0) is 18.6 Å². The number of rotatable bonds is 7. The van der Waals surface area contributed by atoms with Crippen molar-refractivity contribution in [1.29, 1.82) is 0 Å². The molecule has 0 aliphatic rings. The van der Waals surface area contributed by atoms with Crippen molar-refractivity contribution in [3.8, 4) is 5.75 Å². The van der Waals surface area contributed by atoms with Crippen molar-refractivity contribution in [2.45, 2.75) is 18.9 Å². The molecule has 3 heteroatoms. The number of para-hydroxylation sites is 1. The molecule has 0 bridgehead atoms. The number of hydrogen-bond donors (Lipinski definition) is 1. The lowest BCUT2D eigenvalue weighted by Crippen LogP contribution is -2.14. The van der Waals surface area contributed by atoms with Gasteiger partial charge in [-0.25, -0.2) is 0 Å². The van der Waals surface area contributed by atoms with Gasteiger partial charge in [0.15, 0.2) is 0 Å². The van der Waals surface area contributed by atoms with Gasteiger partial charge in [-0.15, -0.1) is 0 Å². The highest BCUT2D eigenvalue weighted by Gasteiger charge is 2.03. The molecule has 15 heavy (non-hydrogen) atoms. The Kier molecular flexibility index (Phi) is 5.81. The standard InChI is InChI=1S/C12H18O3/c1-14-9-7-11(13)8-10-15-12-5-3-2-4-6-12/h2-6,11,13H,7-10H2,1H3. The van der Waals surface area contributed by atoms with Crippen LogP contribution < -0.4 is 4.74 Å². The minimum Gasteiger partial charge on any atom is -0.493 e. The smallest absolute Gasteiger partial charge is 0.119 e. The Bertz CT molecular complexity index is 248. The van der Waals surface area contributed by atoms with Crippen LogP contribution in [-0.4, -0.2) is 31.5 Å². The van der Waals surface area contributed by atoms with Gasteiger partial charge in [-0.1, -0.05) is 18.2 Å². The fourth-order valence-electron chi connectivity index (χ4n) is 1.23. The largest absolute Gasteiger partial charge is 0.493 e. The molecule has 0 amide bonds. The first kappa shape index (κ1) is 12.0. The van der Waals surface area contributed by atoms with Crippen molar-refractivity contribution in [3.63, 3.8) is 0 Å². The Morgan fingerprint density at radius 3 is 2.47 bits per heavy atom. The third kappa shape index (κ3) is 5.40. The molecule has 1 unspecified atom stereocenters. The average molecular weight is 210 g/mol. The van der Waals surface area contributed by atoms with Gasteiger partial charge in [-0.3, -0.25) is 0 Å². The lowest BCUT2D eigenvalue weighted by molar-refractivity contribution is 0.0918. The van der Waals surface area contributed by atoms with E-state index in [0.29, 0.717) is 26.1 Å². The van der Waals surface area contributed by atoms with Crippen molar-refractivity contribution in [2.24, 2.45) is 0 Å². The number of hydrogen-bond acceptors (Lipinski definition) is 3. The van der Waals surface area contributed by atoms with Crippen LogP contribution in [0.2, 0.25) is 0 Å². The van der Waals surface area contributed by atoms with Gasteiger partial charge in [0.25, 0.3) is 0 Å². The molecular formula is C12H18O3. The quantitative estimate of drug-likeness (QED) is 0.746. The van der Waals surface area contributed by atoms with Crippen molar-refractivity contribution < 1.29 is 14.6 Å². The zero-order chi connectivity index (χ0) is 10.9. The maximum atomic E-state index is 9.50. The molecule has 1 N–H and O–H groups in total. The van der Waals surface area contributed by atoms with E-state index in [9.17, 15) is 5.11 Å². The summed E-state index contributed by atoms with van der Waals surface area (Å²) < 4.78 is 10.3. The summed E-state index contributed by atoms with van der Waals surface area (Å²) in [6, 6.07) is 9.61. The van der Waals surface area contributed by atoms with Crippen LogP contribution in [0.3, 0.4) is 0 Å². The molecule has 84 valence electrons. The Hall–Kier alpha value is -1.06. The number of ether oxygens (including phenoxy) is 2. The van der Waals surface area contributed by atoms with Crippen LogP contribution in [0.1, 0.15) is 12.8 Å². The summed E-state index contributed by atoms with van der Waals surface area (Å²) >= 11 is 0. The van der Waals surface area contributed by atoms with Gasteiger partial charge < -0.3 is 14.6 Å². The van der Waals surface area contributed by atoms with Crippen LogP contribution in [0.4, 0.5) is 0 Å². The van der Waals surface area contributed by atoms with Gasteiger partial charge >= 0.3 is 0 Å². The van der Waals surface area contributed by atoms with E-state index in [2.05, 4.69) is 0 Å². The molecule has 0 aliphatic carbocycles.